The van der Waals surface area contributed by atoms with Crippen molar-refractivity contribution in [3.8, 4) is 0 Å². The molecule has 0 nitrogen and oxygen atoms in total. The molecular weight excluding hydrogens is 685 g/mol. The number of aryl methyl sites for hydroxylation is 1. The first kappa shape index (κ1) is 33.4. The van der Waals surface area contributed by atoms with Crippen molar-refractivity contribution in [2.24, 2.45) is 0 Å². The van der Waals surface area contributed by atoms with Crippen LogP contribution in [-0.4, -0.2) is 0 Å². The largest absolute Gasteiger partial charge is 0.0622 e. The van der Waals surface area contributed by atoms with Crippen LogP contribution in [0.5, 0.6) is 0 Å². The summed E-state index contributed by atoms with van der Waals surface area (Å²) in [5.41, 5.74) is 1.30. The van der Waals surface area contributed by atoms with E-state index in [2.05, 4.69) is 220 Å². The molecule has 0 aromatic heterocycles. The van der Waals surface area contributed by atoms with Gasteiger partial charge in [-0.2, -0.15) is 0 Å². The molecular formula is C43H37P2Pd. The van der Waals surface area contributed by atoms with Gasteiger partial charge in [0.25, 0.3) is 0 Å². The molecule has 0 aliphatic heterocycles. The summed E-state index contributed by atoms with van der Waals surface area (Å²) in [5.74, 6) is 0. The monoisotopic (exact) mass is 721 g/mol. The fraction of sp³-hybridized carbons (Fsp3) is 0.0233. The minimum absolute atomic E-state index is 0.446. The predicted octanol–water partition coefficient (Wildman–Crippen LogP) is 8.06. The van der Waals surface area contributed by atoms with Crippen molar-refractivity contribution < 1.29 is 19.2 Å². The van der Waals surface area contributed by atoms with Gasteiger partial charge in [-0.15, -0.1) is 0 Å². The van der Waals surface area contributed by atoms with Crippen LogP contribution in [0.4, 0.5) is 0 Å². The van der Waals surface area contributed by atoms with Gasteiger partial charge in [0.05, 0.1) is 0 Å². The zero-order valence-corrected chi connectivity index (χ0v) is 29.2. The zero-order chi connectivity index (χ0) is 31.8. The van der Waals surface area contributed by atoms with Gasteiger partial charge in [-0.1, -0.05) is 182 Å². The van der Waals surface area contributed by atoms with Crippen LogP contribution in [0.15, 0.2) is 206 Å². The second-order valence-electron chi connectivity index (χ2n) is 10.4. The average Bonchev–Trinajstić information content (AvgIpc) is 3.13. The van der Waals surface area contributed by atoms with E-state index < -0.39 is 15.8 Å². The SMILES string of the molecule is Cc1cccc[c]1[Pd].c1ccc(P(c2ccccc2)c2ccccc2)cc1.c1ccc(P(c2ccccc2)c2ccccc2)cc1. The number of rotatable bonds is 6. The van der Waals surface area contributed by atoms with Gasteiger partial charge < -0.3 is 0 Å². The molecule has 0 spiro atoms. The summed E-state index contributed by atoms with van der Waals surface area (Å²) in [6.07, 6.45) is 0. The van der Waals surface area contributed by atoms with Crippen LogP contribution in [0.1, 0.15) is 5.56 Å². The summed E-state index contributed by atoms with van der Waals surface area (Å²) < 4.78 is 1.22. The normalized spacial score (nSPS) is 10.4. The molecule has 7 aromatic rings. The smallest absolute Gasteiger partial charge is 0.0134 e. The predicted molar refractivity (Wildman–Crippen MR) is 201 cm³/mol. The second-order valence-corrected chi connectivity index (χ2v) is 15.7. The van der Waals surface area contributed by atoms with Crippen LogP contribution < -0.4 is 35.9 Å². The Balaban J connectivity index is 0.000000147. The van der Waals surface area contributed by atoms with Crippen LogP contribution in [0.25, 0.3) is 0 Å². The minimum atomic E-state index is -0.446. The minimum Gasteiger partial charge on any atom is -0.0622 e. The third kappa shape index (κ3) is 9.78. The molecule has 0 bridgehead atoms. The first-order valence-electron chi connectivity index (χ1n) is 15.3. The summed E-state index contributed by atoms with van der Waals surface area (Å²) in [6.45, 7) is 2.08. The summed E-state index contributed by atoms with van der Waals surface area (Å²) >= 11 is 3.14. The zero-order valence-electron chi connectivity index (χ0n) is 25.8. The maximum absolute atomic E-state index is 3.14. The molecule has 0 aliphatic carbocycles. The van der Waals surface area contributed by atoms with Crippen molar-refractivity contribution in [1.82, 2.24) is 0 Å². The van der Waals surface area contributed by atoms with E-state index in [0.717, 1.165) is 0 Å². The van der Waals surface area contributed by atoms with E-state index in [1.54, 1.807) is 0 Å². The number of hydrogen-bond acceptors (Lipinski definition) is 0. The standard InChI is InChI=1S/2C18H15P.C7H7.Pd/c2*1-4-10-16(11-5-1)19(17-12-6-2-7-13-17)18-14-8-3-9-15-18;1-7-5-3-2-4-6-7;/h2*1-15H;2-5H,1H3;. The van der Waals surface area contributed by atoms with E-state index >= 15 is 0 Å². The summed E-state index contributed by atoms with van der Waals surface area (Å²) in [5, 5.41) is 8.39. The van der Waals surface area contributed by atoms with Crippen molar-refractivity contribution in [2.45, 2.75) is 6.92 Å². The third-order valence-corrected chi connectivity index (χ3v) is 12.9. The Hall–Kier alpha value is -3.94. The Bertz CT molecular complexity index is 1500. The van der Waals surface area contributed by atoms with Gasteiger partial charge in [0.15, 0.2) is 0 Å². The Morgan fingerprint density at radius 3 is 0.652 bits per heavy atom. The van der Waals surface area contributed by atoms with Crippen LogP contribution in [0.2, 0.25) is 0 Å². The van der Waals surface area contributed by atoms with Crippen LogP contribution >= 0.6 is 15.8 Å². The molecule has 0 saturated heterocycles. The van der Waals surface area contributed by atoms with Gasteiger partial charge in [-0.3, -0.25) is 0 Å². The van der Waals surface area contributed by atoms with Crippen molar-refractivity contribution in [1.29, 1.82) is 0 Å². The maximum Gasteiger partial charge on any atom is -0.0134 e. The molecule has 0 heterocycles. The van der Waals surface area contributed by atoms with E-state index in [9.17, 15) is 0 Å². The Morgan fingerprint density at radius 2 is 0.478 bits per heavy atom. The van der Waals surface area contributed by atoms with Crippen LogP contribution in [-0.2, 0) is 19.2 Å². The first-order chi connectivity index (χ1) is 22.7. The fourth-order valence-electron chi connectivity index (χ4n) is 4.90. The third-order valence-electron chi connectivity index (χ3n) is 7.13. The molecule has 0 radical (unpaired) electrons. The molecule has 0 saturated carbocycles. The molecule has 0 fully saturated rings. The first-order valence-corrected chi connectivity index (χ1v) is 18.8. The molecule has 3 heteroatoms. The number of hydrogen-bond donors (Lipinski definition) is 0. The van der Waals surface area contributed by atoms with E-state index in [1.807, 2.05) is 12.1 Å². The Kier molecular flexibility index (Phi) is 13.3. The fourth-order valence-corrected chi connectivity index (χ4v) is 9.79. The topological polar surface area (TPSA) is 0 Å². The Morgan fingerprint density at radius 1 is 0.283 bits per heavy atom. The maximum atomic E-state index is 3.14. The molecule has 0 amide bonds. The van der Waals surface area contributed by atoms with Gasteiger partial charge in [0.1, 0.15) is 0 Å². The molecule has 229 valence electrons. The molecule has 0 aliphatic rings. The average molecular weight is 722 g/mol. The number of benzene rings is 7. The molecule has 0 atom stereocenters. The Labute approximate surface area is 288 Å². The van der Waals surface area contributed by atoms with Gasteiger partial charge in [0, 0.05) is 0 Å². The van der Waals surface area contributed by atoms with Crippen molar-refractivity contribution in [2.75, 3.05) is 0 Å². The quantitative estimate of drug-likeness (QED) is 0.121. The van der Waals surface area contributed by atoms with Crippen LogP contribution in [0.3, 0.4) is 0 Å². The molecule has 46 heavy (non-hydrogen) atoms. The second kappa shape index (κ2) is 18.3. The summed E-state index contributed by atoms with van der Waals surface area (Å²) in [4.78, 5) is 0. The van der Waals surface area contributed by atoms with E-state index in [1.165, 1.54) is 41.4 Å². The van der Waals surface area contributed by atoms with Gasteiger partial charge in [-0.05, 0) is 47.7 Å². The van der Waals surface area contributed by atoms with Gasteiger partial charge in [-0.25, -0.2) is 0 Å². The molecule has 7 rings (SSSR count). The molecule has 0 unspecified atom stereocenters. The van der Waals surface area contributed by atoms with Crippen LogP contribution in [0, 0.1) is 6.92 Å². The van der Waals surface area contributed by atoms with Gasteiger partial charge in [0.2, 0.25) is 0 Å². The van der Waals surface area contributed by atoms with Gasteiger partial charge >= 0.3 is 60.0 Å². The molecule has 7 aromatic carbocycles. The van der Waals surface area contributed by atoms with E-state index in [0.29, 0.717) is 0 Å². The summed E-state index contributed by atoms with van der Waals surface area (Å²) in [6, 6.07) is 72.8. The van der Waals surface area contributed by atoms with E-state index in [4.69, 9.17) is 0 Å². The van der Waals surface area contributed by atoms with Crippen molar-refractivity contribution >= 4 is 51.7 Å². The molecule has 0 N–H and O–H groups in total. The van der Waals surface area contributed by atoms with E-state index in [-0.39, 0.29) is 0 Å². The van der Waals surface area contributed by atoms with Crippen molar-refractivity contribution in [3.63, 3.8) is 0 Å². The summed E-state index contributed by atoms with van der Waals surface area (Å²) in [7, 11) is -0.892. The van der Waals surface area contributed by atoms with Crippen molar-refractivity contribution in [3.05, 3.63) is 212 Å².